The Kier molecular flexibility index (Phi) is 4.45. The Hall–Kier alpha value is -1.17. The van der Waals surface area contributed by atoms with Crippen LogP contribution in [-0.4, -0.2) is 0 Å². The molecule has 6 heteroatoms. The summed E-state index contributed by atoms with van der Waals surface area (Å²) in [6, 6.07) is -1.19. The molecule has 17 heavy (non-hydrogen) atoms. The normalized spacial score (nSPS) is 12.9. The molecule has 0 spiro atoms. The molecule has 1 atom stereocenters. The Balaban J connectivity index is 3.24. The van der Waals surface area contributed by atoms with Crippen molar-refractivity contribution < 1.29 is 22.0 Å². The van der Waals surface area contributed by atoms with E-state index in [1.807, 2.05) is 6.92 Å². The number of halogens is 5. The molecule has 0 saturated carbocycles. The molecule has 0 aromatic heterocycles. The molecule has 0 radical (unpaired) electrons. The highest BCUT2D eigenvalue weighted by molar-refractivity contribution is 5.26. The van der Waals surface area contributed by atoms with E-state index in [1.165, 1.54) is 0 Å². The molecule has 0 aliphatic carbocycles. The third-order valence-electron chi connectivity index (χ3n) is 2.48. The maximum absolute atomic E-state index is 13.3. The minimum Gasteiger partial charge on any atom is -0.324 e. The van der Waals surface area contributed by atoms with Crippen LogP contribution < -0.4 is 5.73 Å². The van der Waals surface area contributed by atoms with Crippen molar-refractivity contribution in [2.75, 3.05) is 0 Å². The number of nitrogens with two attached hydrogens (primary N) is 1. The Bertz CT molecular complexity index is 390. The molecular weight excluding hydrogens is 241 g/mol. The average molecular weight is 253 g/mol. The molecule has 2 N–H and O–H groups in total. The van der Waals surface area contributed by atoms with Crippen molar-refractivity contribution in [3.63, 3.8) is 0 Å². The van der Waals surface area contributed by atoms with Crippen LogP contribution in [0.15, 0.2) is 0 Å². The van der Waals surface area contributed by atoms with Gasteiger partial charge in [-0.05, 0) is 6.42 Å². The van der Waals surface area contributed by atoms with Crippen LogP contribution in [0.1, 0.15) is 37.8 Å². The molecule has 1 aromatic carbocycles. The second-order valence-corrected chi connectivity index (χ2v) is 3.73. The van der Waals surface area contributed by atoms with Gasteiger partial charge in [-0.3, -0.25) is 0 Å². The Morgan fingerprint density at radius 3 is 1.71 bits per heavy atom. The third kappa shape index (κ3) is 2.57. The Morgan fingerprint density at radius 2 is 1.29 bits per heavy atom. The maximum Gasteiger partial charge on any atom is 0.200 e. The predicted molar refractivity (Wildman–Crippen MR) is 52.7 cm³/mol. The van der Waals surface area contributed by atoms with E-state index >= 15 is 0 Å². The lowest BCUT2D eigenvalue weighted by molar-refractivity contribution is 0.361. The molecule has 96 valence electrons. The number of hydrogen-bond acceptors (Lipinski definition) is 1. The monoisotopic (exact) mass is 253 g/mol. The molecule has 0 aliphatic rings. The molecule has 0 bridgehead atoms. The predicted octanol–water partition coefficient (Wildman–Crippen LogP) is 3.57. The van der Waals surface area contributed by atoms with Gasteiger partial charge in [-0.1, -0.05) is 19.8 Å². The van der Waals surface area contributed by atoms with E-state index in [1.54, 1.807) is 0 Å². The van der Waals surface area contributed by atoms with E-state index in [4.69, 9.17) is 5.73 Å². The lowest BCUT2D eigenvalue weighted by Gasteiger charge is -2.14. The van der Waals surface area contributed by atoms with E-state index < -0.39 is 40.7 Å². The van der Waals surface area contributed by atoms with Gasteiger partial charge in [0, 0.05) is 11.6 Å². The fourth-order valence-corrected chi connectivity index (χ4v) is 1.52. The van der Waals surface area contributed by atoms with Crippen molar-refractivity contribution in [1.82, 2.24) is 0 Å². The van der Waals surface area contributed by atoms with Crippen LogP contribution >= 0.6 is 0 Å². The first-order valence-corrected chi connectivity index (χ1v) is 5.18. The van der Waals surface area contributed by atoms with Crippen molar-refractivity contribution in [2.45, 2.75) is 32.2 Å². The summed E-state index contributed by atoms with van der Waals surface area (Å²) in [4.78, 5) is 0. The Labute approximate surface area is 95.4 Å². The smallest absolute Gasteiger partial charge is 0.200 e. The fraction of sp³-hybridized carbons (Fsp3) is 0.455. The summed E-state index contributed by atoms with van der Waals surface area (Å²) in [7, 11) is 0. The van der Waals surface area contributed by atoms with Gasteiger partial charge in [0.25, 0.3) is 0 Å². The van der Waals surface area contributed by atoms with Crippen molar-refractivity contribution in [3.8, 4) is 0 Å². The number of hydrogen-bond donors (Lipinski definition) is 1. The van der Waals surface area contributed by atoms with Gasteiger partial charge in [-0.15, -0.1) is 0 Å². The summed E-state index contributed by atoms with van der Waals surface area (Å²) in [5.41, 5.74) is 4.50. The number of benzene rings is 1. The summed E-state index contributed by atoms with van der Waals surface area (Å²) in [6.45, 7) is 1.82. The zero-order valence-electron chi connectivity index (χ0n) is 9.17. The minimum absolute atomic E-state index is 0.162. The molecule has 1 aromatic rings. The topological polar surface area (TPSA) is 26.0 Å². The highest BCUT2D eigenvalue weighted by atomic mass is 19.2. The molecule has 0 unspecified atom stereocenters. The first-order valence-electron chi connectivity index (χ1n) is 5.18. The number of rotatable bonds is 4. The number of unbranched alkanes of at least 4 members (excludes halogenated alkanes) is 1. The molecule has 0 amide bonds. The lowest BCUT2D eigenvalue weighted by atomic mass is 10.00. The lowest BCUT2D eigenvalue weighted by Crippen LogP contribution is -2.17. The van der Waals surface area contributed by atoms with Crippen molar-refractivity contribution in [1.29, 1.82) is 0 Å². The highest BCUT2D eigenvalue weighted by Gasteiger charge is 2.28. The standard InChI is InChI=1S/C11H12F5N/c1-2-3-4-5(17)6-7(12)9(14)11(16)10(15)8(6)13/h5H,2-4,17H2,1H3/t5-/m1/s1. The van der Waals surface area contributed by atoms with Crippen LogP contribution in [0.25, 0.3) is 0 Å². The molecule has 1 rings (SSSR count). The van der Waals surface area contributed by atoms with Crippen molar-refractivity contribution >= 4 is 0 Å². The molecule has 1 nitrogen and oxygen atoms in total. The van der Waals surface area contributed by atoms with E-state index in [-0.39, 0.29) is 6.42 Å². The van der Waals surface area contributed by atoms with E-state index in [2.05, 4.69) is 0 Å². The minimum atomic E-state index is -2.16. The summed E-state index contributed by atoms with van der Waals surface area (Å²) < 4.78 is 65.0. The van der Waals surface area contributed by atoms with Gasteiger partial charge in [0.15, 0.2) is 23.3 Å². The summed E-state index contributed by atoms with van der Waals surface area (Å²) >= 11 is 0. The largest absolute Gasteiger partial charge is 0.324 e. The average Bonchev–Trinajstić information content (AvgIpc) is 2.31. The summed E-state index contributed by atoms with van der Waals surface area (Å²) in [5, 5.41) is 0. The van der Waals surface area contributed by atoms with Gasteiger partial charge in [0.2, 0.25) is 5.82 Å². The van der Waals surface area contributed by atoms with Gasteiger partial charge in [0.1, 0.15) is 0 Å². The van der Waals surface area contributed by atoms with Crippen LogP contribution in [0.5, 0.6) is 0 Å². The van der Waals surface area contributed by atoms with Gasteiger partial charge in [-0.25, -0.2) is 22.0 Å². The van der Waals surface area contributed by atoms with Gasteiger partial charge < -0.3 is 5.73 Å². The Morgan fingerprint density at radius 1 is 0.882 bits per heavy atom. The quantitative estimate of drug-likeness (QED) is 0.495. The van der Waals surface area contributed by atoms with Gasteiger partial charge >= 0.3 is 0 Å². The first kappa shape index (κ1) is 13.9. The molecule has 0 aliphatic heterocycles. The first-order chi connectivity index (χ1) is 7.91. The van der Waals surface area contributed by atoms with E-state index in [9.17, 15) is 22.0 Å². The van der Waals surface area contributed by atoms with Crippen LogP contribution in [0, 0.1) is 29.1 Å². The molecule has 0 saturated heterocycles. The van der Waals surface area contributed by atoms with Crippen LogP contribution in [0.2, 0.25) is 0 Å². The fourth-order valence-electron chi connectivity index (χ4n) is 1.52. The highest BCUT2D eigenvalue weighted by Crippen LogP contribution is 2.28. The van der Waals surface area contributed by atoms with Gasteiger partial charge in [0.05, 0.1) is 0 Å². The van der Waals surface area contributed by atoms with E-state index in [0.717, 1.165) is 0 Å². The molecular formula is C11H12F5N. The van der Waals surface area contributed by atoms with Crippen molar-refractivity contribution in [2.24, 2.45) is 5.73 Å². The van der Waals surface area contributed by atoms with Crippen LogP contribution in [0.3, 0.4) is 0 Å². The van der Waals surface area contributed by atoms with Gasteiger partial charge in [-0.2, -0.15) is 0 Å². The van der Waals surface area contributed by atoms with E-state index in [0.29, 0.717) is 12.8 Å². The maximum atomic E-state index is 13.3. The SMILES string of the molecule is CCCC[C@@H](N)c1c(F)c(F)c(F)c(F)c1F. The summed E-state index contributed by atoms with van der Waals surface area (Å²) in [6.07, 6.45) is 1.42. The molecule has 0 heterocycles. The van der Waals surface area contributed by atoms with Crippen molar-refractivity contribution in [3.05, 3.63) is 34.6 Å². The molecule has 0 fully saturated rings. The third-order valence-corrected chi connectivity index (χ3v) is 2.48. The second kappa shape index (κ2) is 5.44. The van der Waals surface area contributed by atoms with Crippen LogP contribution in [0.4, 0.5) is 22.0 Å². The van der Waals surface area contributed by atoms with Crippen LogP contribution in [-0.2, 0) is 0 Å². The zero-order valence-corrected chi connectivity index (χ0v) is 9.17. The zero-order chi connectivity index (χ0) is 13.2. The summed E-state index contributed by atoms with van der Waals surface area (Å²) in [5.74, 6) is -9.75. The second-order valence-electron chi connectivity index (χ2n) is 3.73.